The van der Waals surface area contributed by atoms with E-state index in [0.29, 0.717) is 12.2 Å². The highest BCUT2D eigenvalue weighted by atomic mass is 79.9. The Hall–Kier alpha value is -0.0500. The first-order valence-corrected chi connectivity index (χ1v) is 5.06. The van der Waals surface area contributed by atoms with Crippen molar-refractivity contribution in [3.8, 4) is 0 Å². The number of rotatable bonds is 0. The van der Waals surface area contributed by atoms with Crippen molar-refractivity contribution >= 4 is 27.5 Å². The summed E-state index contributed by atoms with van der Waals surface area (Å²) < 4.78 is 6.38. The monoisotopic (exact) mass is 244 g/mol. The van der Waals surface area contributed by atoms with Gasteiger partial charge in [-0.15, -0.1) is 0 Å². The molecule has 1 aliphatic heterocycles. The third-order valence-electron chi connectivity index (χ3n) is 2.51. The van der Waals surface area contributed by atoms with Gasteiger partial charge in [-0.1, -0.05) is 17.7 Å². The molecule has 2 aliphatic rings. The molecule has 3 heteroatoms. The number of ether oxygens (including phenoxy) is 1. The third kappa shape index (κ3) is 0.832. The molecular weight excluding hydrogens is 239 g/mol. The molecule has 1 aromatic carbocycles. The van der Waals surface area contributed by atoms with Gasteiger partial charge in [0, 0.05) is 16.5 Å². The van der Waals surface area contributed by atoms with Crippen molar-refractivity contribution in [3.05, 3.63) is 32.8 Å². The zero-order chi connectivity index (χ0) is 8.29. The van der Waals surface area contributed by atoms with Gasteiger partial charge in [0.25, 0.3) is 0 Å². The molecule has 0 spiro atoms. The second kappa shape index (κ2) is 2.25. The molecule has 12 heavy (non-hydrogen) atoms. The summed E-state index contributed by atoms with van der Waals surface area (Å²) in [5, 5.41) is 0.831. The molecule has 1 saturated heterocycles. The lowest BCUT2D eigenvalue weighted by atomic mass is 10.1. The van der Waals surface area contributed by atoms with Crippen LogP contribution < -0.4 is 0 Å². The molecule has 0 amide bonds. The van der Waals surface area contributed by atoms with Gasteiger partial charge in [-0.25, -0.2) is 0 Å². The van der Waals surface area contributed by atoms with E-state index < -0.39 is 0 Å². The van der Waals surface area contributed by atoms with Crippen molar-refractivity contribution in [1.82, 2.24) is 0 Å². The van der Waals surface area contributed by atoms with Gasteiger partial charge >= 0.3 is 0 Å². The fourth-order valence-corrected chi connectivity index (χ4v) is 2.50. The van der Waals surface area contributed by atoms with E-state index in [1.807, 2.05) is 6.07 Å². The molecule has 3 rings (SSSR count). The summed E-state index contributed by atoms with van der Waals surface area (Å²) in [7, 11) is 0. The molecule has 2 atom stereocenters. The lowest BCUT2D eigenvalue weighted by Gasteiger charge is -2.05. The van der Waals surface area contributed by atoms with Crippen molar-refractivity contribution in [2.24, 2.45) is 0 Å². The van der Waals surface area contributed by atoms with Crippen LogP contribution in [-0.4, -0.2) is 6.10 Å². The van der Waals surface area contributed by atoms with E-state index in [1.54, 1.807) is 0 Å². The standard InChI is InChI=1S/C9H6BrClO/c10-5-2-1-4-3-6-9(12-6)7(4)8(5)11/h1-2,6,9H,3H2. The SMILES string of the molecule is Clc1c(Br)ccc2c1C1OC1C2. The first-order chi connectivity index (χ1) is 5.77. The van der Waals surface area contributed by atoms with E-state index in [4.69, 9.17) is 16.3 Å². The van der Waals surface area contributed by atoms with Crippen LogP contribution in [0.15, 0.2) is 16.6 Å². The number of epoxide rings is 1. The van der Waals surface area contributed by atoms with Crippen LogP contribution in [0, 0.1) is 0 Å². The number of fused-ring (bicyclic) bond motifs is 3. The number of hydrogen-bond donors (Lipinski definition) is 0. The quantitative estimate of drug-likeness (QED) is 0.640. The van der Waals surface area contributed by atoms with Crippen LogP contribution in [-0.2, 0) is 11.2 Å². The van der Waals surface area contributed by atoms with Crippen LogP contribution in [0.1, 0.15) is 17.2 Å². The zero-order valence-electron chi connectivity index (χ0n) is 6.18. The summed E-state index contributed by atoms with van der Waals surface area (Å²) in [6.07, 6.45) is 1.75. The van der Waals surface area contributed by atoms with Gasteiger partial charge in [0.2, 0.25) is 0 Å². The second-order valence-electron chi connectivity index (χ2n) is 3.23. The van der Waals surface area contributed by atoms with E-state index >= 15 is 0 Å². The maximum Gasteiger partial charge on any atom is 0.111 e. The summed E-state index contributed by atoms with van der Waals surface area (Å²) in [5.41, 5.74) is 2.56. The van der Waals surface area contributed by atoms with Gasteiger partial charge in [0.15, 0.2) is 0 Å². The largest absolute Gasteiger partial charge is 0.364 e. The fourth-order valence-electron chi connectivity index (χ4n) is 1.86. The van der Waals surface area contributed by atoms with Gasteiger partial charge in [-0.05, 0) is 27.6 Å². The maximum atomic E-state index is 6.13. The van der Waals surface area contributed by atoms with E-state index in [-0.39, 0.29) is 0 Å². The van der Waals surface area contributed by atoms with Crippen molar-refractivity contribution in [2.75, 3.05) is 0 Å². The average Bonchev–Trinajstić information content (AvgIpc) is 2.71. The van der Waals surface area contributed by atoms with Crippen molar-refractivity contribution in [2.45, 2.75) is 18.6 Å². The van der Waals surface area contributed by atoms with Crippen molar-refractivity contribution < 1.29 is 4.74 Å². The molecule has 1 heterocycles. The summed E-state index contributed by atoms with van der Waals surface area (Å²) in [6.45, 7) is 0. The molecule has 1 fully saturated rings. The number of hydrogen-bond acceptors (Lipinski definition) is 1. The first kappa shape index (κ1) is 7.36. The highest BCUT2D eigenvalue weighted by Crippen LogP contribution is 2.52. The topological polar surface area (TPSA) is 12.5 Å². The Morgan fingerprint density at radius 3 is 3.17 bits per heavy atom. The highest BCUT2D eigenvalue weighted by molar-refractivity contribution is 9.10. The minimum Gasteiger partial charge on any atom is -0.364 e. The molecule has 2 unspecified atom stereocenters. The van der Waals surface area contributed by atoms with E-state index in [9.17, 15) is 0 Å². The minimum atomic E-state index is 0.296. The summed E-state index contributed by atoms with van der Waals surface area (Å²) in [4.78, 5) is 0. The van der Waals surface area contributed by atoms with Crippen LogP contribution in [0.5, 0.6) is 0 Å². The van der Waals surface area contributed by atoms with E-state index in [1.165, 1.54) is 11.1 Å². The summed E-state index contributed by atoms with van der Waals surface area (Å²) in [5.74, 6) is 0. The summed E-state index contributed by atoms with van der Waals surface area (Å²) >= 11 is 9.54. The van der Waals surface area contributed by atoms with Crippen molar-refractivity contribution in [3.63, 3.8) is 0 Å². The van der Waals surface area contributed by atoms with Gasteiger partial charge in [-0.3, -0.25) is 0 Å². The molecule has 1 aliphatic carbocycles. The predicted molar refractivity (Wildman–Crippen MR) is 50.5 cm³/mol. The molecule has 62 valence electrons. The lowest BCUT2D eigenvalue weighted by Crippen LogP contribution is -1.89. The third-order valence-corrected chi connectivity index (χ3v) is 3.81. The lowest BCUT2D eigenvalue weighted by molar-refractivity contribution is 0.361. The Labute approximate surface area is 83.8 Å². The normalized spacial score (nSPS) is 29.8. The van der Waals surface area contributed by atoms with Gasteiger partial charge in [0.1, 0.15) is 6.10 Å². The molecule has 0 bridgehead atoms. The minimum absolute atomic E-state index is 0.296. The molecule has 1 aromatic rings. The highest BCUT2D eigenvalue weighted by Gasteiger charge is 2.48. The number of benzene rings is 1. The van der Waals surface area contributed by atoms with Gasteiger partial charge in [0.05, 0.1) is 11.1 Å². The average molecular weight is 246 g/mol. The molecule has 1 nitrogen and oxygen atoms in total. The van der Waals surface area contributed by atoms with Gasteiger partial charge in [-0.2, -0.15) is 0 Å². The van der Waals surface area contributed by atoms with E-state index in [0.717, 1.165) is 15.9 Å². The maximum absolute atomic E-state index is 6.13. The van der Waals surface area contributed by atoms with Crippen LogP contribution >= 0.6 is 27.5 Å². The predicted octanol–water partition coefficient (Wildman–Crippen LogP) is 3.10. The second-order valence-corrected chi connectivity index (χ2v) is 4.47. The molecule has 0 saturated carbocycles. The van der Waals surface area contributed by atoms with E-state index in [2.05, 4.69) is 22.0 Å². The molecule has 0 radical (unpaired) electrons. The Kier molecular flexibility index (Phi) is 1.38. The molecule has 0 aromatic heterocycles. The first-order valence-electron chi connectivity index (χ1n) is 3.89. The fraction of sp³-hybridized carbons (Fsp3) is 0.333. The Morgan fingerprint density at radius 2 is 2.33 bits per heavy atom. The Balaban J connectivity index is 2.26. The Bertz CT molecular complexity index is 364. The molecule has 0 N–H and O–H groups in total. The van der Waals surface area contributed by atoms with Crippen LogP contribution in [0.25, 0.3) is 0 Å². The summed E-state index contributed by atoms with van der Waals surface area (Å²) in [6, 6.07) is 4.13. The number of halogens is 2. The van der Waals surface area contributed by atoms with Gasteiger partial charge < -0.3 is 4.74 Å². The smallest absolute Gasteiger partial charge is 0.111 e. The van der Waals surface area contributed by atoms with Crippen LogP contribution in [0.3, 0.4) is 0 Å². The van der Waals surface area contributed by atoms with Crippen LogP contribution in [0.4, 0.5) is 0 Å². The zero-order valence-corrected chi connectivity index (χ0v) is 8.52. The van der Waals surface area contributed by atoms with Crippen molar-refractivity contribution in [1.29, 1.82) is 0 Å². The molecular formula is C9H6BrClO. The van der Waals surface area contributed by atoms with Crippen LogP contribution in [0.2, 0.25) is 5.02 Å². The Morgan fingerprint density at radius 1 is 1.50 bits per heavy atom.